The van der Waals surface area contributed by atoms with Gasteiger partial charge in [0.2, 0.25) is 5.95 Å². The first-order chi connectivity index (χ1) is 8.31. The predicted octanol–water partition coefficient (Wildman–Crippen LogP) is 2.88. The molecule has 90 valence electrons. The van der Waals surface area contributed by atoms with Crippen molar-refractivity contribution in [3.05, 3.63) is 40.2 Å². The number of benzene rings is 1. The number of anilines is 2. The van der Waals surface area contributed by atoms with Crippen LogP contribution in [-0.4, -0.2) is 23.3 Å². The number of nitrogens with one attached hydrogen (secondary N) is 1. The Labute approximate surface area is 114 Å². The van der Waals surface area contributed by atoms with Gasteiger partial charge in [-0.1, -0.05) is 12.1 Å². The molecule has 0 aliphatic heterocycles. The number of rotatable bonds is 5. The van der Waals surface area contributed by atoms with E-state index in [1.807, 2.05) is 29.0 Å². The Kier molecular flexibility index (Phi) is 4.38. The normalized spacial score (nSPS) is 10.5. The molecule has 0 aliphatic carbocycles. The summed E-state index contributed by atoms with van der Waals surface area (Å²) in [6.07, 6.45) is 3.73. The summed E-state index contributed by atoms with van der Waals surface area (Å²) in [4.78, 5) is 4.30. The van der Waals surface area contributed by atoms with Crippen LogP contribution in [0, 0.1) is 3.57 Å². The zero-order valence-corrected chi connectivity index (χ0v) is 11.7. The van der Waals surface area contributed by atoms with Gasteiger partial charge in [0.25, 0.3) is 0 Å². The lowest BCUT2D eigenvalue weighted by atomic mass is 10.3. The Morgan fingerprint density at radius 1 is 1.41 bits per heavy atom. The Bertz CT molecular complexity index is 484. The first-order valence-electron chi connectivity index (χ1n) is 5.33. The van der Waals surface area contributed by atoms with Crippen molar-refractivity contribution < 1.29 is 4.74 Å². The molecule has 0 unspecified atom stereocenters. The summed E-state index contributed by atoms with van der Waals surface area (Å²) in [5.41, 5.74) is 1.07. The van der Waals surface area contributed by atoms with Crippen molar-refractivity contribution in [1.29, 1.82) is 0 Å². The van der Waals surface area contributed by atoms with Crippen molar-refractivity contribution in [3.63, 3.8) is 0 Å². The molecule has 0 aliphatic rings. The standard InChI is InChI=1S/C12H14IN3O/c1-17-9-8-16-7-6-14-12(16)15-11-5-3-2-4-10(11)13/h2-7H,8-9H2,1H3,(H,14,15). The molecule has 0 saturated carbocycles. The average molecular weight is 343 g/mol. The average Bonchev–Trinajstić information content (AvgIpc) is 2.77. The summed E-state index contributed by atoms with van der Waals surface area (Å²) in [5.74, 6) is 0.839. The molecule has 0 bridgehead atoms. The first kappa shape index (κ1) is 12.4. The molecule has 0 amide bonds. The van der Waals surface area contributed by atoms with Gasteiger partial charge in [0.1, 0.15) is 0 Å². The zero-order valence-electron chi connectivity index (χ0n) is 9.56. The van der Waals surface area contributed by atoms with Crippen molar-refractivity contribution in [2.24, 2.45) is 0 Å². The molecule has 1 heterocycles. The zero-order chi connectivity index (χ0) is 12.1. The highest BCUT2D eigenvalue weighted by Crippen LogP contribution is 2.21. The first-order valence-corrected chi connectivity index (χ1v) is 6.41. The molecule has 4 nitrogen and oxygen atoms in total. The van der Waals surface area contributed by atoms with E-state index in [0.29, 0.717) is 6.61 Å². The van der Waals surface area contributed by atoms with Crippen molar-refractivity contribution in [2.75, 3.05) is 19.0 Å². The number of para-hydroxylation sites is 1. The molecule has 2 rings (SSSR count). The van der Waals surface area contributed by atoms with Gasteiger partial charge in [0.15, 0.2) is 0 Å². The van der Waals surface area contributed by atoms with Crippen LogP contribution in [0.1, 0.15) is 0 Å². The highest BCUT2D eigenvalue weighted by Gasteiger charge is 2.04. The van der Waals surface area contributed by atoms with Crippen LogP contribution < -0.4 is 5.32 Å². The van der Waals surface area contributed by atoms with E-state index in [1.54, 1.807) is 13.3 Å². The van der Waals surface area contributed by atoms with Gasteiger partial charge in [-0.25, -0.2) is 4.98 Å². The monoisotopic (exact) mass is 343 g/mol. The second kappa shape index (κ2) is 6.02. The van der Waals surface area contributed by atoms with Gasteiger partial charge < -0.3 is 14.6 Å². The number of halogens is 1. The summed E-state index contributed by atoms with van der Waals surface area (Å²) in [7, 11) is 1.70. The van der Waals surface area contributed by atoms with Crippen molar-refractivity contribution in [1.82, 2.24) is 9.55 Å². The van der Waals surface area contributed by atoms with E-state index >= 15 is 0 Å². The van der Waals surface area contributed by atoms with E-state index in [-0.39, 0.29) is 0 Å². The fourth-order valence-corrected chi connectivity index (χ4v) is 2.01. The van der Waals surface area contributed by atoms with E-state index in [1.165, 1.54) is 3.57 Å². The third-order valence-corrected chi connectivity index (χ3v) is 3.31. The molecule has 17 heavy (non-hydrogen) atoms. The summed E-state index contributed by atoms with van der Waals surface area (Å²) < 4.78 is 8.27. The van der Waals surface area contributed by atoms with Crippen molar-refractivity contribution >= 4 is 34.2 Å². The minimum atomic E-state index is 0.678. The van der Waals surface area contributed by atoms with Crippen LogP contribution in [0.4, 0.5) is 11.6 Å². The lowest BCUT2D eigenvalue weighted by Crippen LogP contribution is -2.07. The molecule has 0 fully saturated rings. The van der Waals surface area contributed by atoms with Crippen LogP contribution >= 0.6 is 22.6 Å². The molecule has 0 radical (unpaired) electrons. The highest BCUT2D eigenvalue weighted by molar-refractivity contribution is 14.1. The van der Waals surface area contributed by atoms with Crippen molar-refractivity contribution in [2.45, 2.75) is 6.54 Å². The lowest BCUT2D eigenvalue weighted by Gasteiger charge is -2.10. The fraction of sp³-hybridized carbons (Fsp3) is 0.250. The number of imidazole rings is 1. The number of ether oxygens (including phenoxy) is 1. The van der Waals surface area contributed by atoms with E-state index in [0.717, 1.165) is 18.2 Å². The van der Waals surface area contributed by atoms with E-state index in [9.17, 15) is 0 Å². The van der Waals surface area contributed by atoms with Gasteiger partial charge in [-0.15, -0.1) is 0 Å². The molecular weight excluding hydrogens is 329 g/mol. The molecule has 1 N–H and O–H groups in total. The minimum absolute atomic E-state index is 0.678. The van der Waals surface area contributed by atoms with Gasteiger partial charge in [-0.2, -0.15) is 0 Å². The molecule has 1 aromatic heterocycles. The number of hydrogen-bond acceptors (Lipinski definition) is 3. The van der Waals surface area contributed by atoms with Gasteiger partial charge in [-0.3, -0.25) is 0 Å². The van der Waals surface area contributed by atoms with Gasteiger partial charge in [-0.05, 0) is 34.7 Å². The molecule has 0 atom stereocenters. The van der Waals surface area contributed by atoms with Crippen LogP contribution in [-0.2, 0) is 11.3 Å². The Hall–Kier alpha value is -1.08. The third kappa shape index (κ3) is 3.19. The lowest BCUT2D eigenvalue weighted by molar-refractivity contribution is 0.188. The smallest absolute Gasteiger partial charge is 0.207 e. The number of nitrogens with zero attached hydrogens (tertiary/aromatic N) is 2. The topological polar surface area (TPSA) is 39.1 Å². The van der Waals surface area contributed by atoms with Crippen LogP contribution in [0.2, 0.25) is 0 Å². The van der Waals surface area contributed by atoms with Gasteiger partial charge in [0, 0.05) is 29.6 Å². The van der Waals surface area contributed by atoms with E-state index in [2.05, 4.69) is 39.0 Å². The maximum Gasteiger partial charge on any atom is 0.207 e. The van der Waals surface area contributed by atoms with E-state index < -0.39 is 0 Å². The van der Waals surface area contributed by atoms with Crippen molar-refractivity contribution in [3.8, 4) is 0 Å². The number of methoxy groups -OCH3 is 1. The Balaban J connectivity index is 2.13. The maximum atomic E-state index is 5.07. The quantitative estimate of drug-likeness (QED) is 0.849. The van der Waals surface area contributed by atoms with Crippen LogP contribution in [0.15, 0.2) is 36.7 Å². The number of aromatic nitrogens is 2. The fourth-order valence-electron chi connectivity index (χ4n) is 1.49. The summed E-state index contributed by atoms with van der Waals surface area (Å²) in [6.45, 7) is 1.47. The van der Waals surface area contributed by atoms with Gasteiger partial charge >= 0.3 is 0 Å². The Morgan fingerprint density at radius 3 is 3.00 bits per heavy atom. The summed E-state index contributed by atoms with van der Waals surface area (Å²) in [6, 6.07) is 8.12. The van der Waals surface area contributed by atoms with Crippen LogP contribution in [0.5, 0.6) is 0 Å². The summed E-state index contributed by atoms with van der Waals surface area (Å²) >= 11 is 2.30. The number of hydrogen-bond donors (Lipinski definition) is 1. The molecule has 5 heteroatoms. The molecule has 0 saturated heterocycles. The van der Waals surface area contributed by atoms with Crippen LogP contribution in [0.25, 0.3) is 0 Å². The summed E-state index contributed by atoms with van der Waals surface area (Å²) in [5, 5.41) is 3.32. The predicted molar refractivity (Wildman–Crippen MR) is 76.5 cm³/mol. The third-order valence-electron chi connectivity index (χ3n) is 2.37. The Morgan fingerprint density at radius 2 is 2.24 bits per heavy atom. The molecule has 0 spiro atoms. The minimum Gasteiger partial charge on any atom is -0.383 e. The molecule has 2 aromatic rings. The van der Waals surface area contributed by atoms with E-state index in [4.69, 9.17) is 4.74 Å². The van der Waals surface area contributed by atoms with Crippen LogP contribution in [0.3, 0.4) is 0 Å². The molecule has 1 aromatic carbocycles. The second-order valence-corrected chi connectivity index (χ2v) is 4.70. The second-order valence-electron chi connectivity index (χ2n) is 3.54. The molecular formula is C12H14IN3O. The van der Waals surface area contributed by atoms with Gasteiger partial charge in [0.05, 0.1) is 12.3 Å². The SMILES string of the molecule is COCCn1ccnc1Nc1ccccc1I. The highest BCUT2D eigenvalue weighted by atomic mass is 127. The largest absolute Gasteiger partial charge is 0.383 e. The maximum absolute atomic E-state index is 5.07.